The van der Waals surface area contributed by atoms with Crippen LogP contribution in [0.5, 0.6) is 0 Å². The van der Waals surface area contributed by atoms with Crippen molar-refractivity contribution in [2.75, 3.05) is 13.7 Å². The van der Waals surface area contributed by atoms with Crippen molar-refractivity contribution in [2.45, 2.75) is 6.04 Å². The molecule has 0 saturated heterocycles. The smallest absolute Gasteiger partial charge is 0.269 e. The first-order chi connectivity index (χ1) is 8.22. The molecule has 1 unspecified atom stereocenters. The van der Waals surface area contributed by atoms with E-state index in [1.54, 1.807) is 30.3 Å². The second-order valence-electron chi connectivity index (χ2n) is 3.43. The van der Waals surface area contributed by atoms with Gasteiger partial charge in [0.05, 0.1) is 6.61 Å². The van der Waals surface area contributed by atoms with Crippen molar-refractivity contribution in [3.05, 3.63) is 45.6 Å². The molecule has 7 heteroatoms. The lowest BCUT2D eigenvalue weighted by molar-refractivity contribution is 0.164. The van der Waals surface area contributed by atoms with E-state index in [9.17, 15) is 4.79 Å². The Morgan fingerprint density at radius 1 is 1.65 bits per heavy atom. The van der Waals surface area contributed by atoms with Gasteiger partial charge in [-0.15, -0.1) is 0 Å². The first-order valence-corrected chi connectivity index (χ1v) is 5.33. The summed E-state index contributed by atoms with van der Waals surface area (Å²) in [5.74, 6) is 0. The highest BCUT2D eigenvalue weighted by molar-refractivity contribution is 6.29. The van der Waals surface area contributed by atoms with Gasteiger partial charge in [0.25, 0.3) is 5.56 Å². The van der Waals surface area contributed by atoms with Gasteiger partial charge in [0, 0.05) is 25.1 Å². The first kappa shape index (κ1) is 11.8. The summed E-state index contributed by atoms with van der Waals surface area (Å²) in [6.07, 6.45) is 3.40. The fourth-order valence-corrected chi connectivity index (χ4v) is 1.73. The number of H-pyrrole nitrogens is 1. The molecule has 0 aliphatic heterocycles. The average Bonchev–Trinajstić information content (AvgIpc) is 2.83. The molecule has 1 atom stereocenters. The fourth-order valence-electron chi connectivity index (χ4n) is 1.57. The summed E-state index contributed by atoms with van der Waals surface area (Å²) in [5, 5.41) is 10.3. The van der Waals surface area contributed by atoms with Crippen molar-refractivity contribution in [3.63, 3.8) is 0 Å². The molecule has 0 aliphatic carbocycles. The molecule has 0 radical (unpaired) electrons. The van der Waals surface area contributed by atoms with Crippen LogP contribution in [0.1, 0.15) is 11.6 Å². The third kappa shape index (κ3) is 2.54. The number of aromatic amines is 1. The first-order valence-electron chi connectivity index (χ1n) is 4.95. The monoisotopic (exact) mass is 254 g/mol. The van der Waals surface area contributed by atoms with Crippen LogP contribution in [0.15, 0.2) is 29.3 Å². The maximum Gasteiger partial charge on any atom is 0.269 e. The number of rotatable bonds is 4. The van der Waals surface area contributed by atoms with Gasteiger partial charge in [-0.3, -0.25) is 9.48 Å². The van der Waals surface area contributed by atoms with E-state index in [4.69, 9.17) is 16.3 Å². The molecule has 0 saturated carbocycles. The lowest BCUT2D eigenvalue weighted by atomic mass is 10.1. The topological polar surface area (TPSA) is 72.8 Å². The molecule has 1 N–H and O–H groups in total. The predicted octanol–water partition coefficient (Wildman–Crippen LogP) is 0.856. The van der Waals surface area contributed by atoms with Crippen LogP contribution in [-0.2, 0) is 4.74 Å². The molecule has 2 rings (SSSR count). The highest BCUT2D eigenvalue weighted by Crippen LogP contribution is 2.16. The fraction of sp³-hybridized carbons (Fsp3) is 0.300. The number of methoxy groups -OCH3 is 1. The number of nitrogens with zero attached hydrogens (tertiary/aromatic N) is 3. The molecule has 0 spiro atoms. The Morgan fingerprint density at radius 2 is 2.47 bits per heavy atom. The standard InChI is InChI=1S/C10H11ClN4O2/c1-17-6-8(15-4-2-3-12-15)7-5-9(11)13-14-10(7)16/h2-5,8H,6H2,1H3,(H,14,16). The lowest BCUT2D eigenvalue weighted by Crippen LogP contribution is -2.25. The Kier molecular flexibility index (Phi) is 3.55. The number of nitrogens with one attached hydrogen (secondary N) is 1. The normalized spacial score (nSPS) is 12.6. The predicted molar refractivity (Wildman–Crippen MR) is 62.1 cm³/mol. The maximum absolute atomic E-state index is 11.7. The second kappa shape index (κ2) is 5.11. The van der Waals surface area contributed by atoms with Crippen LogP contribution in [-0.4, -0.2) is 33.7 Å². The number of halogens is 1. The number of hydrogen-bond donors (Lipinski definition) is 1. The van der Waals surface area contributed by atoms with Crippen molar-refractivity contribution >= 4 is 11.6 Å². The SMILES string of the molecule is COCC(c1cc(Cl)n[nH]c1=O)n1cccn1. The van der Waals surface area contributed by atoms with Gasteiger partial charge in [-0.1, -0.05) is 11.6 Å². The number of aromatic nitrogens is 4. The van der Waals surface area contributed by atoms with E-state index in [1.165, 1.54) is 6.07 Å². The highest BCUT2D eigenvalue weighted by atomic mass is 35.5. The zero-order chi connectivity index (χ0) is 12.3. The molecule has 0 aliphatic rings. The molecule has 0 amide bonds. The van der Waals surface area contributed by atoms with Gasteiger partial charge in [0.1, 0.15) is 11.2 Å². The zero-order valence-corrected chi connectivity index (χ0v) is 9.89. The van der Waals surface area contributed by atoms with E-state index in [0.29, 0.717) is 12.2 Å². The Labute approximate surface area is 102 Å². The van der Waals surface area contributed by atoms with Crippen LogP contribution in [0.3, 0.4) is 0 Å². The Morgan fingerprint density at radius 3 is 3.12 bits per heavy atom. The van der Waals surface area contributed by atoms with Crippen molar-refractivity contribution in [2.24, 2.45) is 0 Å². The summed E-state index contributed by atoms with van der Waals surface area (Å²) in [6.45, 7) is 0.325. The van der Waals surface area contributed by atoms with E-state index in [2.05, 4.69) is 15.3 Å². The molecule has 2 heterocycles. The summed E-state index contributed by atoms with van der Waals surface area (Å²) in [5.41, 5.74) is 0.169. The third-order valence-electron chi connectivity index (χ3n) is 2.33. The third-order valence-corrected chi connectivity index (χ3v) is 2.52. The summed E-state index contributed by atoms with van der Waals surface area (Å²) in [7, 11) is 1.56. The summed E-state index contributed by atoms with van der Waals surface area (Å²) >= 11 is 5.77. The zero-order valence-electron chi connectivity index (χ0n) is 9.13. The van der Waals surface area contributed by atoms with Gasteiger partial charge in [-0.25, -0.2) is 5.10 Å². The molecule has 0 aromatic carbocycles. The van der Waals surface area contributed by atoms with Gasteiger partial charge in [0.15, 0.2) is 0 Å². The van der Waals surface area contributed by atoms with Crippen LogP contribution in [0, 0.1) is 0 Å². The largest absolute Gasteiger partial charge is 0.382 e. The van der Waals surface area contributed by atoms with E-state index in [-0.39, 0.29) is 16.8 Å². The average molecular weight is 255 g/mol. The van der Waals surface area contributed by atoms with Gasteiger partial charge >= 0.3 is 0 Å². The van der Waals surface area contributed by atoms with E-state index in [0.717, 1.165) is 0 Å². The van der Waals surface area contributed by atoms with Gasteiger partial charge < -0.3 is 4.74 Å². The van der Waals surface area contributed by atoms with Gasteiger partial charge in [-0.05, 0) is 12.1 Å². The van der Waals surface area contributed by atoms with Crippen molar-refractivity contribution in [3.8, 4) is 0 Å². The van der Waals surface area contributed by atoms with Crippen molar-refractivity contribution < 1.29 is 4.74 Å². The van der Waals surface area contributed by atoms with Crippen molar-refractivity contribution in [1.29, 1.82) is 0 Å². The summed E-state index contributed by atoms with van der Waals surface area (Å²) in [6, 6.07) is 2.98. The highest BCUT2D eigenvalue weighted by Gasteiger charge is 2.18. The van der Waals surface area contributed by atoms with E-state index in [1.807, 2.05) is 0 Å². The Hall–Kier alpha value is -1.66. The van der Waals surface area contributed by atoms with Crippen LogP contribution in [0.25, 0.3) is 0 Å². The van der Waals surface area contributed by atoms with E-state index >= 15 is 0 Å². The van der Waals surface area contributed by atoms with Crippen molar-refractivity contribution in [1.82, 2.24) is 20.0 Å². The maximum atomic E-state index is 11.7. The van der Waals surface area contributed by atoms with Crippen LogP contribution in [0.4, 0.5) is 0 Å². The molecule has 2 aromatic rings. The molecular formula is C10H11ClN4O2. The Bertz CT molecular complexity index is 537. The quantitative estimate of drug-likeness (QED) is 0.878. The van der Waals surface area contributed by atoms with Crippen LogP contribution >= 0.6 is 11.6 Å². The lowest BCUT2D eigenvalue weighted by Gasteiger charge is -2.16. The second-order valence-corrected chi connectivity index (χ2v) is 3.82. The van der Waals surface area contributed by atoms with Crippen LogP contribution < -0.4 is 5.56 Å². The molecular weight excluding hydrogens is 244 g/mol. The van der Waals surface area contributed by atoms with Crippen LogP contribution in [0.2, 0.25) is 5.15 Å². The number of hydrogen-bond acceptors (Lipinski definition) is 4. The summed E-state index contributed by atoms with van der Waals surface area (Å²) in [4.78, 5) is 11.7. The van der Waals surface area contributed by atoms with Gasteiger partial charge in [-0.2, -0.15) is 10.2 Å². The van der Waals surface area contributed by atoms with Gasteiger partial charge in [0.2, 0.25) is 0 Å². The molecule has 90 valence electrons. The minimum absolute atomic E-state index is 0.229. The molecule has 0 bridgehead atoms. The molecule has 6 nitrogen and oxygen atoms in total. The van der Waals surface area contributed by atoms with E-state index < -0.39 is 0 Å². The minimum Gasteiger partial charge on any atom is -0.382 e. The summed E-state index contributed by atoms with van der Waals surface area (Å²) < 4.78 is 6.74. The number of ether oxygens (including phenoxy) is 1. The Balaban J connectivity index is 2.46. The molecule has 0 fully saturated rings. The minimum atomic E-state index is -0.320. The molecule has 2 aromatic heterocycles. The molecule has 17 heavy (non-hydrogen) atoms.